The number of carbonyl (C=O) groups excluding carboxylic acids is 1. The Morgan fingerprint density at radius 2 is 1.97 bits per heavy atom. The first-order chi connectivity index (χ1) is 14.5. The monoisotopic (exact) mass is 476 g/mol. The lowest BCUT2D eigenvalue weighted by Crippen LogP contribution is -2.56. The van der Waals surface area contributed by atoms with Gasteiger partial charge in [-0.25, -0.2) is 0 Å². The molecule has 2 aromatic rings. The predicted octanol–water partition coefficient (Wildman–Crippen LogP) is 5.05. The highest BCUT2D eigenvalue weighted by atomic mass is 35.5. The third-order valence-electron chi connectivity index (χ3n) is 4.60. The molecule has 3 rings (SSSR count). The van der Waals surface area contributed by atoms with Gasteiger partial charge in [-0.2, -0.15) is 23.3 Å². The van der Waals surface area contributed by atoms with E-state index < -0.39 is 24.2 Å². The molecule has 0 aliphatic carbocycles. The standard InChI is InChI=1S/C20H17Cl2F3N2O4/c1-11-9-19(29,20(23,24)25)27(26-11)18(28)12-6-7-15(30-2)13(8-12)10-31-16-5-3-4-14(21)17(16)22/h3-8,29H,9-10H2,1-2H3. The molecule has 1 aliphatic rings. The number of hydrogen-bond donors (Lipinski definition) is 1. The van der Waals surface area contributed by atoms with Crippen molar-refractivity contribution in [3.8, 4) is 11.5 Å². The van der Waals surface area contributed by atoms with Gasteiger partial charge in [0.2, 0.25) is 0 Å². The zero-order chi connectivity index (χ0) is 23.0. The Kier molecular flexibility index (Phi) is 6.40. The number of alkyl halides is 3. The van der Waals surface area contributed by atoms with Gasteiger partial charge in [-0.05, 0) is 37.3 Å². The van der Waals surface area contributed by atoms with Crippen LogP contribution in [0.15, 0.2) is 41.5 Å². The largest absolute Gasteiger partial charge is 0.496 e. The Bertz CT molecular complexity index is 1050. The summed E-state index contributed by atoms with van der Waals surface area (Å²) >= 11 is 12.0. The molecule has 0 aromatic heterocycles. The van der Waals surface area contributed by atoms with Crippen molar-refractivity contribution in [3.05, 3.63) is 57.6 Å². The molecule has 1 aliphatic heterocycles. The highest BCUT2D eigenvalue weighted by Gasteiger charge is 2.62. The second-order valence-electron chi connectivity index (χ2n) is 6.81. The lowest BCUT2D eigenvalue weighted by Gasteiger charge is -2.32. The lowest BCUT2D eigenvalue weighted by molar-refractivity contribution is -0.297. The van der Waals surface area contributed by atoms with E-state index in [0.29, 0.717) is 11.3 Å². The number of hydrazone groups is 1. The van der Waals surface area contributed by atoms with Crippen molar-refractivity contribution in [1.29, 1.82) is 0 Å². The quantitative estimate of drug-likeness (QED) is 0.654. The van der Waals surface area contributed by atoms with Crippen molar-refractivity contribution in [2.75, 3.05) is 7.11 Å². The molecular weight excluding hydrogens is 460 g/mol. The molecule has 1 N–H and O–H groups in total. The van der Waals surface area contributed by atoms with Crippen LogP contribution in [0.4, 0.5) is 13.2 Å². The van der Waals surface area contributed by atoms with E-state index in [1.165, 1.54) is 32.2 Å². The van der Waals surface area contributed by atoms with Crippen molar-refractivity contribution in [2.45, 2.75) is 31.9 Å². The first-order valence-corrected chi connectivity index (χ1v) is 9.65. The molecule has 2 aromatic carbocycles. The van der Waals surface area contributed by atoms with Gasteiger partial charge in [-0.3, -0.25) is 4.79 Å². The van der Waals surface area contributed by atoms with Crippen LogP contribution in [-0.2, 0) is 6.61 Å². The maximum Gasteiger partial charge on any atom is 0.438 e. The van der Waals surface area contributed by atoms with Crippen LogP contribution in [0.1, 0.15) is 29.3 Å². The maximum atomic E-state index is 13.4. The predicted molar refractivity (Wildman–Crippen MR) is 109 cm³/mol. The summed E-state index contributed by atoms with van der Waals surface area (Å²) in [5.74, 6) is -0.512. The number of ether oxygens (including phenoxy) is 2. The molecule has 166 valence electrons. The van der Waals surface area contributed by atoms with Crippen LogP contribution in [0, 0.1) is 0 Å². The molecule has 31 heavy (non-hydrogen) atoms. The van der Waals surface area contributed by atoms with E-state index in [-0.39, 0.29) is 38.7 Å². The Morgan fingerprint density at radius 1 is 1.26 bits per heavy atom. The van der Waals surface area contributed by atoms with E-state index in [4.69, 9.17) is 32.7 Å². The van der Waals surface area contributed by atoms with Gasteiger partial charge in [-0.1, -0.05) is 29.3 Å². The summed E-state index contributed by atoms with van der Waals surface area (Å²) in [4.78, 5) is 12.8. The molecule has 1 unspecified atom stereocenters. The first kappa shape index (κ1) is 23.2. The van der Waals surface area contributed by atoms with Crippen LogP contribution in [0.25, 0.3) is 0 Å². The van der Waals surface area contributed by atoms with Crippen molar-refractivity contribution in [3.63, 3.8) is 0 Å². The molecule has 0 fully saturated rings. The minimum Gasteiger partial charge on any atom is -0.496 e. The Morgan fingerprint density at radius 3 is 2.61 bits per heavy atom. The molecular formula is C20H17Cl2F3N2O4. The highest BCUT2D eigenvalue weighted by molar-refractivity contribution is 6.42. The molecule has 11 heteroatoms. The summed E-state index contributed by atoms with van der Waals surface area (Å²) in [5.41, 5.74) is -3.22. The molecule has 0 saturated carbocycles. The molecule has 0 radical (unpaired) electrons. The fourth-order valence-electron chi connectivity index (χ4n) is 3.05. The van der Waals surface area contributed by atoms with Crippen LogP contribution in [0.5, 0.6) is 11.5 Å². The van der Waals surface area contributed by atoms with E-state index >= 15 is 0 Å². The van der Waals surface area contributed by atoms with E-state index in [1.807, 2.05) is 0 Å². The number of amides is 1. The number of nitrogens with zero attached hydrogens (tertiary/aromatic N) is 2. The van der Waals surface area contributed by atoms with Crippen molar-refractivity contribution < 1.29 is 32.5 Å². The van der Waals surface area contributed by atoms with Gasteiger partial charge >= 0.3 is 6.18 Å². The van der Waals surface area contributed by atoms with Crippen molar-refractivity contribution in [1.82, 2.24) is 5.01 Å². The van der Waals surface area contributed by atoms with Gasteiger partial charge in [0.1, 0.15) is 23.1 Å². The number of carbonyl (C=O) groups is 1. The number of halogens is 5. The van der Waals surface area contributed by atoms with Gasteiger partial charge in [0.15, 0.2) is 0 Å². The molecule has 0 spiro atoms. The number of aliphatic hydroxyl groups is 1. The van der Waals surface area contributed by atoms with E-state index in [1.54, 1.807) is 18.2 Å². The van der Waals surface area contributed by atoms with Crippen LogP contribution in [-0.4, -0.2) is 40.7 Å². The minimum atomic E-state index is -5.09. The van der Waals surface area contributed by atoms with Gasteiger partial charge in [0.25, 0.3) is 11.6 Å². The Labute approximate surface area is 185 Å². The van der Waals surface area contributed by atoms with Crippen molar-refractivity contribution in [2.24, 2.45) is 5.10 Å². The molecule has 1 amide bonds. The zero-order valence-electron chi connectivity index (χ0n) is 16.3. The molecule has 1 heterocycles. The summed E-state index contributed by atoms with van der Waals surface area (Å²) in [5, 5.41) is 14.3. The summed E-state index contributed by atoms with van der Waals surface area (Å²) in [6, 6.07) is 8.78. The normalized spacial score (nSPS) is 18.7. The van der Waals surface area contributed by atoms with Crippen LogP contribution >= 0.6 is 23.2 Å². The first-order valence-electron chi connectivity index (χ1n) is 8.89. The third-order valence-corrected chi connectivity index (χ3v) is 5.40. The summed E-state index contributed by atoms with van der Waals surface area (Å²) in [7, 11) is 1.39. The second-order valence-corrected chi connectivity index (χ2v) is 7.60. The number of benzene rings is 2. The second kappa shape index (κ2) is 8.57. The van der Waals surface area contributed by atoms with Crippen molar-refractivity contribution >= 4 is 34.8 Å². The van der Waals surface area contributed by atoms with Gasteiger partial charge in [-0.15, -0.1) is 0 Å². The topological polar surface area (TPSA) is 71.4 Å². The molecule has 0 saturated heterocycles. The highest BCUT2D eigenvalue weighted by Crippen LogP contribution is 2.41. The van der Waals surface area contributed by atoms with Gasteiger partial charge in [0, 0.05) is 23.3 Å². The number of methoxy groups -OCH3 is 1. The molecule has 0 bridgehead atoms. The van der Waals surface area contributed by atoms with Crippen LogP contribution < -0.4 is 9.47 Å². The number of hydrogen-bond acceptors (Lipinski definition) is 5. The molecule has 1 atom stereocenters. The van der Waals surface area contributed by atoms with Gasteiger partial charge < -0.3 is 14.6 Å². The summed E-state index contributed by atoms with van der Waals surface area (Å²) < 4.78 is 51.2. The summed E-state index contributed by atoms with van der Waals surface area (Å²) in [6.07, 6.45) is -5.92. The zero-order valence-corrected chi connectivity index (χ0v) is 17.8. The minimum absolute atomic E-state index is 0.0270. The SMILES string of the molecule is COc1ccc(C(=O)N2N=C(C)CC2(O)C(F)(F)F)cc1COc1cccc(Cl)c1Cl. The van der Waals surface area contributed by atoms with E-state index in [2.05, 4.69) is 5.10 Å². The third kappa shape index (κ3) is 4.44. The van der Waals surface area contributed by atoms with Crippen LogP contribution in [0.3, 0.4) is 0 Å². The van der Waals surface area contributed by atoms with Gasteiger partial charge in [0.05, 0.1) is 12.1 Å². The molecule has 6 nitrogen and oxygen atoms in total. The van der Waals surface area contributed by atoms with E-state index in [0.717, 1.165) is 0 Å². The average molecular weight is 477 g/mol. The van der Waals surface area contributed by atoms with E-state index in [9.17, 15) is 23.1 Å². The fraction of sp³-hybridized carbons (Fsp3) is 0.300. The Hall–Kier alpha value is -2.49. The smallest absolute Gasteiger partial charge is 0.438 e. The number of rotatable bonds is 5. The lowest BCUT2D eigenvalue weighted by atomic mass is 10.0. The Balaban J connectivity index is 1.91. The maximum absolute atomic E-state index is 13.4. The summed E-state index contributed by atoms with van der Waals surface area (Å²) in [6.45, 7) is 1.18. The van der Waals surface area contributed by atoms with Crippen LogP contribution in [0.2, 0.25) is 10.0 Å². The average Bonchev–Trinajstić information content (AvgIpc) is 3.03. The fourth-order valence-corrected chi connectivity index (χ4v) is 3.40.